The van der Waals surface area contributed by atoms with Crippen molar-refractivity contribution in [3.05, 3.63) is 174 Å². The summed E-state index contributed by atoms with van der Waals surface area (Å²) in [6, 6.07) is 57.3. The largest absolute Gasteiger partial charge is 0.309 e. The van der Waals surface area contributed by atoms with Gasteiger partial charge in [0.1, 0.15) is 0 Å². The van der Waals surface area contributed by atoms with Crippen molar-refractivity contribution >= 4 is 90.6 Å². The van der Waals surface area contributed by atoms with E-state index in [4.69, 9.17) is 0 Å². The summed E-state index contributed by atoms with van der Waals surface area (Å²) in [5, 5.41) is 7.70. The molecular weight excluding hydrogens is 860 g/mol. The van der Waals surface area contributed by atoms with Crippen LogP contribution in [0.2, 0.25) is 0 Å². The van der Waals surface area contributed by atoms with Crippen molar-refractivity contribution < 1.29 is 0 Å². The molecule has 4 heteroatoms. The maximum absolute atomic E-state index is 2.51. The molecule has 60 heavy (non-hydrogen) atoms. The van der Waals surface area contributed by atoms with Crippen LogP contribution in [0.5, 0.6) is 0 Å². The van der Waals surface area contributed by atoms with Crippen LogP contribution in [0.4, 0.5) is 17.1 Å². The standard InChI is InChI=1S/C52H43IN2S.2C2H6/c1-5-6-13-34-22-27-48-43(30-34)39-16-11-12-19-46(39)55(48)36-25-26-42-44(31-36)52(3,4)45-32-49(38-15-8-10-18-41(38)51(42)45)54(35-23-20-33(2)21-24-35)47-28-29-50(56-53)40-17-9-7-14-37(40)47;2*1-2/h7-12,14-32H,5-6,13H2,1-4H3;2*1-2H3. The Balaban J connectivity index is 0.00000121. The Morgan fingerprint density at radius 2 is 1.22 bits per heavy atom. The molecule has 0 atom stereocenters. The molecule has 1 aromatic heterocycles. The molecule has 0 amide bonds. The van der Waals surface area contributed by atoms with Gasteiger partial charge >= 0.3 is 0 Å². The van der Waals surface area contributed by atoms with Gasteiger partial charge in [-0.15, -0.1) is 0 Å². The van der Waals surface area contributed by atoms with Crippen LogP contribution in [0.25, 0.3) is 60.2 Å². The zero-order valence-corrected chi connectivity index (χ0v) is 39.2. The molecule has 10 rings (SSSR count). The number of aromatic nitrogens is 1. The van der Waals surface area contributed by atoms with Crippen LogP contribution in [0.15, 0.2) is 157 Å². The highest BCUT2D eigenvalue weighted by Crippen LogP contribution is 2.55. The zero-order valence-electron chi connectivity index (χ0n) is 36.2. The van der Waals surface area contributed by atoms with Crippen molar-refractivity contribution in [2.24, 2.45) is 0 Å². The number of para-hydroxylation sites is 1. The molecule has 0 spiro atoms. The summed E-state index contributed by atoms with van der Waals surface area (Å²) in [5.74, 6) is 0. The van der Waals surface area contributed by atoms with Crippen molar-refractivity contribution in [3.8, 4) is 16.8 Å². The summed E-state index contributed by atoms with van der Waals surface area (Å²) in [4.78, 5) is 3.78. The van der Waals surface area contributed by atoms with Gasteiger partial charge in [0.15, 0.2) is 0 Å². The van der Waals surface area contributed by atoms with Crippen molar-refractivity contribution in [1.29, 1.82) is 0 Å². The Morgan fingerprint density at radius 3 is 1.92 bits per heavy atom. The quantitative estimate of drug-likeness (QED) is 0.140. The molecule has 1 aliphatic carbocycles. The van der Waals surface area contributed by atoms with Crippen LogP contribution in [0.3, 0.4) is 0 Å². The molecule has 0 saturated carbocycles. The van der Waals surface area contributed by atoms with Gasteiger partial charge < -0.3 is 9.47 Å². The summed E-state index contributed by atoms with van der Waals surface area (Å²) < 4.78 is 2.49. The minimum atomic E-state index is -0.242. The molecule has 0 fully saturated rings. The average Bonchev–Trinajstić information content (AvgIpc) is 3.75. The molecule has 1 aliphatic rings. The molecule has 0 bridgehead atoms. The number of halogens is 1. The van der Waals surface area contributed by atoms with E-state index in [1.807, 2.05) is 27.7 Å². The van der Waals surface area contributed by atoms with E-state index >= 15 is 0 Å². The molecule has 8 aromatic carbocycles. The summed E-state index contributed by atoms with van der Waals surface area (Å²) >= 11 is 2.41. The third kappa shape index (κ3) is 7.00. The van der Waals surface area contributed by atoms with Crippen LogP contribution in [0, 0.1) is 6.92 Å². The second kappa shape index (κ2) is 17.5. The third-order valence-electron chi connectivity index (χ3n) is 12.2. The number of nitrogens with zero attached hydrogens (tertiary/aromatic N) is 2. The first-order valence-corrected chi connectivity index (χ1v) is 25.1. The lowest BCUT2D eigenvalue weighted by molar-refractivity contribution is 0.660. The Kier molecular flexibility index (Phi) is 12.2. The highest BCUT2D eigenvalue weighted by molar-refractivity contribution is 14.2. The third-order valence-corrected chi connectivity index (χ3v) is 14.1. The summed E-state index contributed by atoms with van der Waals surface area (Å²) in [5.41, 5.74) is 15.1. The fourth-order valence-corrected chi connectivity index (χ4v) is 10.9. The Labute approximate surface area is 373 Å². The van der Waals surface area contributed by atoms with E-state index in [-0.39, 0.29) is 5.41 Å². The number of rotatable bonds is 8. The monoisotopic (exact) mass is 914 g/mol. The SMILES string of the molecule is CC.CC.CCCCc1ccc2c(c1)c1ccccc1n2-c1ccc2c(c1)C(C)(C)c1cc(N(c3ccc(C)cc3)c3ccc(SI)c4ccccc34)c3ccccc3c1-2. The van der Waals surface area contributed by atoms with Crippen molar-refractivity contribution in [2.45, 2.75) is 85.0 Å². The lowest BCUT2D eigenvalue weighted by Gasteiger charge is -2.31. The maximum atomic E-state index is 2.51. The molecule has 0 unspecified atom stereocenters. The molecular formula is C56H55IN2S. The molecule has 1 heterocycles. The molecule has 2 nitrogen and oxygen atoms in total. The minimum Gasteiger partial charge on any atom is -0.309 e. The fourth-order valence-electron chi connectivity index (χ4n) is 9.33. The van der Waals surface area contributed by atoms with Gasteiger partial charge in [0.25, 0.3) is 0 Å². The first kappa shape index (κ1) is 41.7. The number of hydrogen-bond donors (Lipinski definition) is 0. The molecule has 0 saturated heterocycles. The zero-order chi connectivity index (χ0) is 42.1. The van der Waals surface area contributed by atoms with Gasteiger partial charge in [-0.1, -0.05) is 160 Å². The molecule has 0 radical (unpaired) electrons. The van der Waals surface area contributed by atoms with E-state index < -0.39 is 0 Å². The van der Waals surface area contributed by atoms with Crippen molar-refractivity contribution in [2.75, 3.05) is 4.90 Å². The Bertz CT molecular complexity index is 2990. The van der Waals surface area contributed by atoms with E-state index in [0.29, 0.717) is 0 Å². The van der Waals surface area contributed by atoms with Gasteiger partial charge in [-0.05, 0) is 119 Å². The highest BCUT2D eigenvalue weighted by Gasteiger charge is 2.38. The Hall–Kier alpha value is -5.04. The predicted octanol–water partition coefficient (Wildman–Crippen LogP) is 18.0. The first-order chi connectivity index (χ1) is 29.4. The van der Waals surface area contributed by atoms with E-state index in [2.05, 4.69) is 210 Å². The number of hydrogen-bond acceptors (Lipinski definition) is 2. The van der Waals surface area contributed by atoms with E-state index in [9.17, 15) is 0 Å². The molecule has 302 valence electrons. The van der Waals surface area contributed by atoms with E-state index in [1.165, 1.54) is 112 Å². The van der Waals surface area contributed by atoms with Crippen molar-refractivity contribution in [1.82, 2.24) is 4.57 Å². The second-order valence-corrected chi connectivity index (χ2v) is 17.8. The maximum Gasteiger partial charge on any atom is 0.0543 e. The lowest BCUT2D eigenvalue weighted by atomic mass is 9.81. The molecule has 9 aromatic rings. The minimum absolute atomic E-state index is 0.242. The van der Waals surface area contributed by atoms with Crippen molar-refractivity contribution in [3.63, 3.8) is 0 Å². The number of aryl methyl sites for hydroxylation is 2. The van der Waals surface area contributed by atoms with Gasteiger partial charge in [-0.2, -0.15) is 0 Å². The van der Waals surface area contributed by atoms with Crippen LogP contribution >= 0.6 is 30.1 Å². The van der Waals surface area contributed by atoms with Gasteiger partial charge in [-0.3, -0.25) is 0 Å². The smallest absolute Gasteiger partial charge is 0.0543 e. The number of anilines is 3. The summed E-state index contributed by atoms with van der Waals surface area (Å²) in [7, 11) is 1.78. The molecule has 0 aliphatic heterocycles. The van der Waals surface area contributed by atoms with Crippen LogP contribution < -0.4 is 4.90 Å². The molecule has 0 N–H and O–H groups in total. The summed E-state index contributed by atoms with van der Waals surface area (Å²) in [6.45, 7) is 17.3. The van der Waals surface area contributed by atoms with Gasteiger partial charge in [0.2, 0.25) is 0 Å². The fraction of sp³-hybridized carbons (Fsp3) is 0.214. The number of benzene rings is 8. The highest BCUT2D eigenvalue weighted by atomic mass is 127. The lowest BCUT2D eigenvalue weighted by Crippen LogP contribution is -2.17. The number of unbranched alkanes of at least 4 members (excludes halogenated alkanes) is 1. The van der Waals surface area contributed by atoms with Crippen LogP contribution in [-0.4, -0.2) is 4.57 Å². The van der Waals surface area contributed by atoms with Crippen LogP contribution in [0.1, 0.15) is 83.6 Å². The number of fused-ring (bicyclic) bond motifs is 9. The first-order valence-electron chi connectivity index (χ1n) is 21.8. The topological polar surface area (TPSA) is 8.17 Å². The normalized spacial score (nSPS) is 12.5. The van der Waals surface area contributed by atoms with Gasteiger partial charge in [0, 0.05) is 64.4 Å². The van der Waals surface area contributed by atoms with E-state index in [1.54, 1.807) is 8.93 Å². The van der Waals surface area contributed by atoms with Crippen LogP contribution in [-0.2, 0) is 11.8 Å². The van der Waals surface area contributed by atoms with Gasteiger partial charge in [-0.25, -0.2) is 0 Å². The summed E-state index contributed by atoms with van der Waals surface area (Å²) in [6.07, 6.45) is 3.54. The Morgan fingerprint density at radius 1 is 0.583 bits per heavy atom. The predicted molar refractivity (Wildman–Crippen MR) is 274 cm³/mol. The van der Waals surface area contributed by atoms with Gasteiger partial charge in [0.05, 0.1) is 22.4 Å². The second-order valence-electron chi connectivity index (χ2n) is 15.9. The van der Waals surface area contributed by atoms with E-state index in [0.717, 1.165) is 12.1 Å². The average molecular weight is 915 g/mol.